The van der Waals surface area contributed by atoms with Gasteiger partial charge in [0.05, 0.1) is 48.7 Å². The normalized spacial score (nSPS) is 14.2. The topological polar surface area (TPSA) is 111 Å². The van der Waals surface area contributed by atoms with Crippen molar-refractivity contribution >= 4 is 40.6 Å². The molecule has 0 radical (unpaired) electrons. The SMILES string of the molecule is COc1ccc(C2CC(c3cccs3)=NN2C(=O)CSc2nnc(CNC(=O)c3ccccc3OC)n2-c2cccc(C)c2)cc1. The van der Waals surface area contributed by atoms with Gasteiger partial charge in [-0.2, -0.15) is 5.10 Å². The Morgan fingerprint density at radius 3 is 2.54 bits per heavy atom. The van der Waals surface area contributed by atoms with Crippen molar-refractivity contribution in [2.75, 3.05) is 20.0 Å². The molecule has 3 aromatic carbocycles. The summed E-state index contributed by atoms with van der Waals surface area (Å²) in [6, 6.07) is 26.5. The molecule has 0 spiro atoms. The van der Waals surface area contributed by atoms with Gasteiger partial charge >= 0.3 is 0 Å². The van der Waals surface area contributed by atoms with Crippen LogP contribution >= 0.6 is 23.1 Å². The third kappa shape index (κ3) is 6.68. The van der Waals surface area contributed by atoms with Gasteiger partial charge in [-0.3, -0.25) is 14.2 Å². The first-order chi connectivity index (χ1) is 22.4. The molecule has 46 heavy (non-hydrogen) atoms. The van der Waals surface area contributed by atoms with Crippen LogP contribution < -0.4 is 14.8 Å². The molecule has 3 heterocycles. The van der Waals surface area contributed by atoms with Gasteiger partial charge < -0.3 is 14.8 Å². The first-order valence-electron chi connectivity index (χ1n) is 14.6. The first kappa shape index (κ1) is 31.1. The molecule has 2 aromatic heterocycles. The van der Waals surface area contributed by atoms with Crippen LogP contribution in [0.1, 0.15) is 44.6 Å². The Balaban J connectivity index is 1.24. The van der Waals surface area contributed by atoms with E-state index in [-0.39, 0.29) is 30.2 Å². The number of hydrogen-bond donors (Lipinski definition) is 1. The summed E-state index contributed by atoms with van der Waals surface area (Å²) in [6.07, 6.45) is 0.610. The van der Waals surface area contributed by atoms with Crippen molar-refractivity contribution < 1.29 is 19.1 Å². The fraction of sp³-hybridized carbons (Fsp3) is 0.206. The van der Waals surface area contributed by atoms with Crippen molar-refractivity contribution in [1.82, 2.24) is 25.1 Å². The largest absolute Gasteiger partial charge is 0.497 e. The number of nitrogens with one attached hydrogen (secondary N) is 1. The maximum absolute atomic E-state index is 13.8. The zero-order valence-corrected chi connectivity index (χ0v) is 27.2. The summed E-state index contributed by atoms with van der Waals surface area (Å²) in [4.78, 5) is 27.9. The third-order valence-corrected chi connectivity index (χ3v) is 9.35. The maximum Gasteiger partial charge on any atom is 0.255 e. The van der Waals surface area contributed by atoms with Crippen LogP contribution in [0.15, 0.2) is 101 Å². The van der Waals surface area contributed by atoms with E-state index in [1.807, 2.05) is 83.6 Å². The van der Waals surface area contributed by atoms with Crippen LogP contribution in [0.4, 0.5) is 0 Å². The molecular weight excluding hydrogens is 621 g/mol. The van der Waals surface area contributed by atoms with E-state index >= 15 is 0 Å². The Morgan fingerprint density at radius 1 is 0.978 bits per heavy atom. The summed E-state index contributed by atoms with van der Waals surface area (Å²) < 4.78 is 12.6. The lowest BCUT2D eigenvalue weighted by Gasteiger charge is -2.22. The molecule has 5 aromatic rings. The molecule has 0 saturated carbocycles. The van der Waals surface area contributed by atoms with E-state index in [1.165, 1.54) is 18.9 Å². The molecule has 1 aliphatic heterocycles. The van der Waals surface area contributed by atoms with Crippen LogP contribution in [-0.4, -0.2) is 57.3 Å². The number of hydrogen-bond acceptors (Lipinski definition) is 9. The van der Waals surface area contributed by atoms with E-state index in [9.17, 15) is 9.59 Å². The maximum atomic E-state index is 13.8. The second kappa shape index (κ2) is 14.0. The van der Waals surface area contributed by atoms with E-state index in [2.05, 4.69) is 15.5 Å². The number of thiophene rings is 1. The van der Waals surface area contributed by atoms with Gasteiger partial charge in [0.2, 0.25) is 0 Å². The highest BCUT2D eigenvalue weighted by Crippen LogP contribution is 2.35. The minimum absolute atomic E-state index is 0.0887. The number of carbonyl (C=O) groups is 2. The number of aryl methyl sites for hydroxylation is 1. The van der Waals surface area contributed by atoms with Crippen molar-refractivity contribution in [3.05, 3.63) is 118 Å². The number of nitrogens with zero attached hydrogens (tertiary/aromatic N) is 5. The number of aromatic nitrogens is 3. The quantitative estimate of drug-likeness (QED) is 0.173. The second-order valence-electron chi connectivity index (χ2n) is 10.5. The molecule has 234 valence electrons. The number of rotatable bonds is 11. The number of hydrazone groups is 1. The Kier molecular flexibility index (Phi) is 9.46. The van der Waals surface area contributed by atoms with Gasteiger partial charge in [-0.25, -0.2) is 5.01 Å². The monoisotopic (exact) mass is 652 g/mol. The highest BCUT2D eigenvalue weighted by atomic mass is 32.2. The van der Waals surface area contributed by atoms with Crippen molar-refractivity contribution in [2.45, 2.75) is 31.1 Å². The number of amides is 2. The predicted molar refractivity (Wildman–Crippen MR) is 179 cm³/mol. The van der Waals surface area contributed by atoms with E-state index in [1.54, 1.807) is 41.7 Å². The van der Waals surface area contributed by atoms with Crippen molar-refractivity contribution in [1.29, 1.82) is 0 Å². The Morgan fingerprint density at radius 2 is 1.80 bits per heavy atom. The Bertz CT molecular complexity index is 1870. The lowest BCUT2D eigenvalue weighted by Crippen LogP contribution is -2.28. The average molecular weight is 653 g/mol. The van der Waals surface area contributed by atoms with E-state index in [0.29, 0.717) is 28.7 Å². The van der Waals surface area contributed by atoms with Gasteiger partial charge in [-0.05, 0) is 65.9 Å². The highest BCUT2D eigenvalue weighted by molar-refractivity contribution is 7.99. The van der Waals surface area contributed by atoms with Crippen molar-refractivity contribution in [2.24, 2.45) is 5.10 Å². The van der Waals surface area contributed by atoms with Crippen LogP contribution in [0.2, 0.25) is 0 Å². The van der Waals surface area contributed by atoms with Crippen molar-refractivity contribution in [3.8, 4) is 17.2 Å². The summed E-state index contributed by atoms with van der Waals surface area (Å²) in [5.41, 5.74) is 4.16. The molecule has 6 rings (SSSR count). The number of benzene rings is 3. The van der Waals surface area contributed by atoms with E-state index in [4.69, 9.17) is 14.6 Å². The van der Waals surface area contributed by atoms with Crippen LogP contribution in [0.25, 0.3) is 5.69 Å². The fourth-order valence-corrected chi connectivity index (χ4v) is 6.78. The minimum Gasteiger partial charge on any atom is -0.497 e. The molecule has 1 unspecified atom stereocenters. The summed E-state index contributed by atoms with van der Waals surface area (Å²) >= 11 is 2.89. The molecule has 1 atom stereocenters. The zero-order chi connectivity index (χ0) is 32.0. The molecule has 2 amide bonds. The van der Waals surface area contributed by atoms with Gasteiger partial charge in [-0.1, -0.05) is 54.2 Å². The molecular formula is C34H32N6O4S2. The zero-order valence-electron chi connectivity index (χ0n) is 25.5. The number of ether oxygens (including phenoxy) is 2. The van der Waals surface area contributed by atoms with Crippen LogP contribution in [0.5, 0.6) is 11.5 Å². The predicted octanol–water partition coefficient (Wildman–Crippen LogP) is 6.05. The smallest absolute Gasteiger partial charge is 0.255 e. The number of thioether (sulfide) groups is 1. The second-order valence-corrected chi connectivity index (χ2v) is 12.4. The van der Waals surface area contributed by atoms with Crippen molar-refractivity contribution in [3.63, 3.8) is 0 Å². The summed E-state index contributed by atoms with van der Waals surface area (Å²) in [5.74, 6) is 1.40. The summed E-state index contributed by atoms with van der Waals surface area (Å²) in [7, 11) is 3.16. The molecule has 0 fully saturated rings. The van der Waals surface area contributed by atoms with Gasteiger partial charge in [0.15, 0.2) is 11.0 Å². The van der Waals surface area contributed by atoms with E-state index < -0.39 is 0 Å². The Labute approximate surface area is 275 Å². The number of carbonyl (C=O) groups excluding carboxylic acids is 2. The Hall–Kier alpha value is -4.94. The third-order valence-electron chi connectivity index (χ3n) is 7.52. The lowest BCUT2D eigenvalue weighted by atomic mass is 10.0. The molecule has 10 nitrogen and oxygen atoms in total. The molecule has 1 aliphatic rings. The summed E-state index contributed by atoms with van der Waals surface area (Å²) in [5, 5.41) is 20.7. The molecule has 0 aliphatic carbocycles. The van der Waals surface area contributed by atoms with Crippen LogP contribution in [-0.2, 0) is 11.3 Å². The van der Waals surface area contributed by atoms with Gasteiger partial charge in [0.1, 0.15) is 11.5 Å². The molecule has 0 bridgehead atoms. The molecule has 0 saturated heterocycles. The lowest BCUT2D eigenvalue weighted by molar-refractivity contribution is -0.130. The fourth-order valence-electron chi connectivity index (χ4n) is 5.23. The minimum atomic E-state index is -0.293. The van der Waals surface area contributed by atoms with Gasteiger partial charge in [0.25, 0.3) is 11.8 Å². The first-order valence-corrected chi connectivity index (χ1v) is 16.4. The standard InChI is InChI=1S/C34H32N6O4S2/c1-22-8-6-9-24(18-22)39-31(20-35-33(42)26-10-4-5-11-29(26)44-3)36-37-34(39)46-21-32(41)40-28(23-13-15-25(43-2)16-14-23)19-27(38-40)30-12-7-17-45-30/h4-18,28H,19-21H2,1-3H3,(H,35,42). The average Bonchev–Trinajstić information content (AvgIpc) is 3.86. The number of methoxy groups -OCH3 is 2. The highest BCUT2D eigenvalue weighted by Gasteiger charge is 2.34. The van der Waals surface area contributed by atoms with E-state index in [0.717, 1.165) is 33.2 Å². The molecule has 12 heteroatoms. The summed E-state index contributed by atoms with van der Waals surface area (Å²) in [6.45, 7) is 2.12. The van der Waals surface area contributed by atoms with Gasteiger partial charge in [0, 0.05) is 12.1 Å². The number of para-hydroxylation sites is 1. The van der Waals surface area contributed by atoms with Gasteiger partial charge in [-0.15, -0.1) is 21.5 Å². The molecule has 1 N–H and O–H groups in total. The van der Waals surface area contributed by atoms with Crippen LogP contribution in [0, 0.1) is 6.92 Å². The van der Waals surface area contributed by atoms with Crippen LogP contribution in [0.3, 0.4) is 0 Å².